The third-order valence-corrected chi connectivity index (χ3v) is 14.2. The summed E-state index contributed by atoms with van der Waals surface area (Å²) in [6.07, 6.45) is 2.64. The van der Waals surface area contributed by atoms with Crippen molar-refractivity contribution < 1.29 is 26.8 Å². The lowest BCUT2D eigenvalue weighted by molar-refractivity contribution is -0.150. The van der Waals surface area contributed by atoms with Gasteiger partial charge in [0.25, 0.3) is 0 Å². The van der Waals surface area contributed by atoms with E-state index < -0.39 is 36.1 Å². The Morgan fingerprint density at radius 3 is 2.42 bits per heavy atom. The number of esters is 1. The zero-order valence-corrected chi connectivity index (χ0v) is 26.9. The van der Waals surface area contributed by atoms with Crippen molar-refractivity contribution in [3.05, 3.63) is 64.1 Å². The maximum absolute atomic E-state index is 15.0. The summed E-state index contributed by atoms with van der Waals surface area (Å²) in [6.45, 7) is 12.8. The summed E-state index contributed by atoms with van der Waals surface area (Å²) in [5.74, 6) is -0.967. The molecule has 0 bridgehead atoms. The van der Waals surface area contributed by atoms with Crippen molar-refractivity contribution in [2.75, 3.05) is 12.9 Å². The van der Waals surface area contributed by atoms with E-state index in [9.17, 15) is 17.6 Å². The molecule has 4 rings (SSSR count). The van der Waals surface area contributed by atoms with Crippen molar-refractivity contribution in [3.8, 4) is 0 Å². The SMILES string of the molecule is CCC(=O)O[C@@H]1CCCc2c1n([C@@H](CO[Si](C)(C)C(C)(C)C)c1ccc(Cl)cc1)c1c(S(C)(=O)=O)cc(F)cc21. The van der Waals surface area contributed by atoms with Gasteiger partial charge >= 0.3 is 5.97 Å². The largest absolute Gasteiger partial charge is 0.456 e. The van der Waals surface area contributed by atoms with E-state index in [0.29, 0.717) is 34.5 Å². The normalized spacial score (nSPS) is 17.1. The summed E-state index contributed by atoms with van der Waals surface area (Å²) >= 11 is 6.25. The summed E-state index contributed by atoms with van der Waals surface area (Å²) in [6, 6.07) is 9.39. The van der Waals surface area contributed by atoms with Crippen LogP contribution >= 0.6 is 11.6 Å². The molecule has 40 heavy (non-hydrogen) atoms. The lowest BCUT2D eigenvalue weighted by Crippen LogP contribution is -2.42. The van der Waals surface area contributed by atoms with Crippen molar-refractivity contribution in [3.63, 3.8) is 0 Å². The van der Waals surface area contributed by atoms with Crippen LogP contribution in [-0.2, 0) is 30.2 Å². The summed E-state index contributed by atoms with van der Waals surface area (Å²) < 4.78 is 55.8. The number of hydrogen-bond donors (Lipinski definition) is 0. The van der Waals surface area contributed by atoms with Crippen molar-refractivity contribution >= 4 is 46.6 Å². The number of hydrogen-bond acceptors (Lipinski definition) is 5. The first kappa shape index (κ1) is 30.7. The highest BCUT2D eigenvalue weighted by Crippen LogP contribution is 2.45. The van der Waals surface area contributed by atoms with Gasteiger partial charge < -0.3 is 13.7 Å². The molecule has 0 saturated heterocycles. The molecule has 1 heterocycles. The van der Waals surface area contributed by atoms with Crippen LogP contribution in [0.25, 0.3) is 10.9 Å². The van der Waals surface area contributed by atoms with E-state index in [1.54, 1.807) is 19.1 Å². The van der Waals surface area contributed by atoms with Crippen LogP contribution in [0.15, 0.2) is 41.3 Å². The van der Waals surface area contributed by atoms with Gasteiger partial charge in [0, 0.05) is 23.1 Å². The van der Waals surface area contributed by atoms with Gasteiger partial charge in [-0.2, -0.15) is 0 Å². The number of ether oxygens (including phenoxy) is 1. The average molecular weight is 608 g/mol. The fourth-order valence-electron chi connectivity index (χ4n) is 5.14. The van der Waals surface area contributed by atoms with Gasteiger partial charge in [-0.05, 0) is 72.8 Å². The number of nitrogens with zero attached hydrogens (tertiary/aromatic N) is 1. The molecule has 3 aromatic rings. The first-order valence-corrected chi connectivity index (χ1v) is 18.9. The van der Waals surface area contributed by atoms with Crippen molar-refractivity contribution in [1.29, 1.82) is 0 Å². The quantitative estimate of drug-likeness (QED) is 0.193. The molecular formula is C30H39ClFNO5SSi. The second kappa shape index (κ2) is 11.2. The second-order valence-corrected chi connectivity index (χ2v) is 19.4. The average Bonchev–Trinajstić information content (AvgIpc) is 3.18. The van der Waals surface area contributed by atoms with E-state index in [1.165, 1.54) is 6.07 Å². The minimum atomic E-state index is -3.83. The summed E-state index contributed by atoms with van der Waals surface area (Å²) in [7, 11) is -6.07. The Morgan fingerprint density at radius 1 is 1.20 bits per heavy atom. The number of aryl methyl sites for hydroxylation is 1. The number of carbonyl (C=O) groups is 1. The Balaban J connectivity index is 2.08. The standard InChI is InChI=1S/C30H39ClFNO5SSi/c1-8-27(34)38-25-11-9-10-22-23-16-21(32)17-26(39(5,35)36)29(23)33(28(22)25)24(19-12-14-20(31)15-13-19)18-37-40(6,7)30(2,3)4/h12-17,24-25H,8-11,18H2,1-7H3/t24-,25+/m0/s1. The monoisotopic (exact) mass is 607 g/mol. The van der Waals surface area contributed by atoms with Crippen LogP contribution in [0.4, 0.5) is 4.39 Å². The summed E-state index contributed by atoms with van der Waals surface area (Å²) in [4.78, 5) is 12.4. The van der Waals surface area contributed by atoms with Crippen molar-refractivity contribution in [2.24, 2.45) is 0 Å². The highest BCUT2D eigenvalue weighted by molar-refractivity contribution is 7.91. The number of benzene rings is 2. The molecule has 0 aliphatic heterocycles. The van der Waals surface area contributed by atoms with Crippen LogP contribution in [0.5, 0.6) is 0 Å². The lowest BCUT2D eigenvalue weighted by atomic mass is 9.92. The van der Waals surface area contributed by atoms with Crippen LogP contribution in [0, 0.1) is 5.82 Å². The zero-order valence-electron chi connectivity index (χ0n) is 24.3. The highest BCUT2D eigenvalue weighted by atomic mass is 35.5. The summed E-state index contributed by atoms with van der Waals surface area (Å²) in [5, 5.41) is 1.04. The molecule has 0 spiro atoms. The topological polar surface area (TPSA) is 74.6 Å². The number of halogens is 2. The molecule has 218 valence electrons. The predicted molar refractivity (Wildman–Crippen MR) is 160 cm³/mol. The van der Waals surface area contributed by atoms with E-state index in [0.717, 1.165) is 29.9 Å². The van der Waals surface area contributed by atoms with Crippen molar-refractivity contribution in [2.45, 2.75) is 88.6 Å². The Labute approximate surface area is 242 Å². The van der Waals surface area contributed by atoms with E-state index in [-0.39, 0.29) is 28.9 Å². The molecular weight excluding hydrogens is 569 g/mol. The molecule has 6 nitrogen and oxygen atoms in total. The van der Waals surface area contributed by atoms with Gasteiger partial charge in [0.05, 0.1) is 28.8 Å². The van der Waals surface area contributed by atoms with Crippen molar-refractivity contribution in [1.82, 2.24) is 4.57 Å². The van der Waals surface area contributed by atoms with Crippen LogP contribution < -0.4 is 0 Å². The third-order valence-electron chi connectivity index (χ3n) is 8.31. The molecule has 0 saturated carbocycles. The fraction of sp³-hybridized carbons (Fsp3) is 0.500. The van der Waals surface area contributed by atoms with Crippen LogP contribution in [0.1, 0.15) is 75.9 Å². The smallest absolute Gasteiger partial charge is 0.306 e. The molecule has 2 aromatic carbocycles. The van der Waals surface area contributed by atoms with Gasteiger partial charge in [0.2, 0.25) is 0 Å². The van der Waals surface area contributed by atoms with E-state index >= 15 is 0 Å². The molecule has 0 unspecified atom stereocenters. The zero-order chi connectivity index (χ0) is 29.6. The Bertz CT molecular complexity index is 1530. The van der Waals surface area contributed by atoms with Gasteiger partial charge in [0.1, 0.15) is 11.9 Å². The number of sulfone groups is 1. The van der Waals surface area contributed by atoms with Gasteiger partial charge in [-0.25, -0.2) is 12.8 Å². The first-order valence-electron chi connectivity index (χ1n) is 13.7. The predicted octanol–water partition coefficient (Wildman–Crippen LogP) is 7.78. The van der Waals surface area contributed by atoms with Gasteiger partial charge in [-0.3, -0.25) is 4.79 Å². The minimum absolute atomic E-state index is 0.0596. The molecule has 10 heteroatoms. The van der Waals surface area contributed by atoms with E-state index in [1.807, 2.05) is 16.7 Å². The first-order chi connectivity index (χ1) is 18.5. The van der Waals surface area contributed by atoms with Crippen LogP contribution in [0.3, 0.4) is 0 Å². The molecule has 1 aromatic heterocycles. The van der Waals surface area contributed by atoms with E-state index in [4.69, 9.17) is 20.8 Å². The molecule has 0 fully saturated rings. The lowest BCUT2D eigenvalue weighted by Gasteiger charge is -2.38. The molecule has 2 atom stereocenters. The van der Waals surface area contributed by atoms with Crippen LogP contribution in [-0.4, -0.2) is 40.1 Å². The van der Waals surface area contributed by atoms with E-state index in [2.05, 4.69) is 33.9 Å². The molecule has 1 aliphatic carbocycles. The fourth-order valence-corrected chi connectivity index (χ4v) is 7.16. The molecule has 0 N–H and O–H groups in total. The summed E-state index contributed by atoms with van der Waals surface area (Å²) in [5.41, 5.74) is 2.79. The van der Waals surface area contributed by atoms with Gasteiger partial charge in [-0.15, -0.1) is 0 Å². The van der Waals surface area contributed by atoms with Gasteiger partial charge in [0.15, 0.2) is 18.2 Å². The second-order valence-electron chi connectivity index (χ2n) is 12.2. The third kappa shape index (κ3) is 6.03. The molecule has 1 aliphatic rings. The Hall–Kier alpha value is -2.20. The molecule has 0 radical (unpaired) electrons. The minimum Gasteiger partial charge on any atom is -0.456 e. The number of fused-ring (bicyclic) bond motifs is 3. The Kier molecular flexibility index (Phi) is 8.63. The number of carbonyl (C=O) groups excluding carboxylic acids is 1. The number of aromatic nitrogens is 1. The highest BCUT2D eigenvalue weighted by Gasteiger charge is 2.40. The maximum Gasteiger partial charge on any atom is 0.306 e. The maximum atomic E-state index is 15.0. The number of rotatable bonds is 8. The Morgan fingerprint density at radius 2 is 1.85 bits per heavy atom. The van der Waals surface area contributed by atoms with Crippen LogP contribution in [0.2, 0.25) is 23.2 Å². The van der Waals surface area contributed by atoms with Gasteiger partial charge in [-0.1, -0.05) is 51.4 Å². The molecule has 0 amide bonds.